The van der Waals surface area contributed by atoms with Crippen LogP contribution in [-0.2, 0) is 6.42 Å². The summed E-state index contributed by atoms with van der Waals surface area (Å²) in [4.78, 5) is 4.49. The van der Waals surface area contributed by atoms with Gasteiger partial charge in [-0.2, -0.15) is 0 Å². The van der Waals surface area contributed by atoms with Gasteiger partial charge in [0.15, 0.2) is 0 Å². The molecule has 1 atom stereocenters. The van der Waals surface area contributed by atoms with Crippen molar-refractivity contribution in [3.8, 4) is 0 Å². The Kier molecular flexibility index (Phi) is 4.45. The fraction of sp³-hybridized carbons (Fsp3) is 0.312. The monoisotopic (exact) mass is 302 g/mol. The summed E-state index contributed by atoms with van der Waals surface area (Å²) in [7, 11) is 0. The van der Waals surface area contributed by atoms with Gasteiger partial charge in [0.05, 0.1) is 17.2 Å². The third kappa shape index (κ3) is 2.92. The molecule has 104 valence electrons. The largest absolute Gasteiger partial charge is 0.308 e. The zero-order valence-electron chi connectivity index (χ0n) is 11.5. The Morgan fingerprint density at radius 1 is 1.25 bits per heavy atom. The molecule has 2 aromatic heterocycles. The average Bonchev–Trinajstić information content (AvgIpc) is 3.13. The Labute approximate surface area is 127 Å². The van der Waals surface area contributed by atoms with Crippen LogP contribution in [-0.4, -0.2) is 11.5 Å². The van der Waals surface area contributed by atoms with E-state index in [2.05, 4.69) is 52.3 Å². The molecule has 20 heavy (non-hydrogen) atoms. The Bertz CT molecular complexity index is 658. The van der Waals surface area contributed by atoms with E-state index < -0.39 is 0 Å². The lowest BCUT2D eigenvalue weighted by molar-refractivity contribution is 0.521. The molecule has 0 aliphatic heterocycles. The van der Waals surface area contributed by atoms with Gasteiger partial charge in [0.2, 0.25) is 0 Å². The van der Waals surface area contributed by atoms with Crippen molar-refractivity contribution in [3.05, 3.63) is 51.8 Å². The minimum Gasteiger partial charge on any atom is -0.308 e. The van der Waals surface area contributed by atoms with E-state index in [1.165, 1.54) is 21.3 Å². The summed E-state index contributed by atoms with van der Waals surface area (Å²) in [6, 6.07) is 8.96. The first-order valence-corrected chi connectivity index (χ1v) is 8.77. The van der Waals surface area contributed by atoms with Gasteiger partial charge < -0.3 is 5.32 Å². The van der Waals surface area contributed by atoms with Crippen LogP contribution in [0.4, 0.5) is 0 Å². The predicted octanol–water partition coefficient (Wildman–Crippen LogP) is 4.64. The maximum absolute atomic E-state index is 4.49. The second-order valence-corrected chi connectivity index (χ2v) is 6.51. The first-order chi connectivity index (χ1) is 9.88. The van der Waals surface area contributed by atoms with Gasteiger partial charge in [-0.15, -0.1) is 22.7 Å². The highest BCUT2D eigenvalue weighted by Gasteiger charge is 2.15. The van der Waals surface area contributed by atoms with Crippen LogP contribution in [0, 0.1) is 0 Å². The standard InChI is InChI=1S/C16H18N2S2/c1-2-7-17-14(15-10-19-11-18-15)8-12-9-20-16-6-4-3-5-13(12)16/h3-6,9-11,14,17H,2,7-8H2,1H3. The Morgan fingerprint density at radius 3 is 2.95 bits per heavy atom. The summed E-state index contributed by atoms with van der Waals surface area (Å²) in [5.41, 5.74) is 4.51. The number of fused-ring (bicyclic) bond motifs is 1. The highest BCUT2D eigenvalue weighted by atomic mass is 32.1. The quantitative estimate of drug-likeness (QED) is 0.717. The summed E-state index contributed by atoms with van der Waals surface area (Å²) in [6.07, 6.45) is 2.15. The molecule has 2 heterocycles. The summed E-state index contributed by atoms with van der Waals surface area (Å²) in [5, 5.41) is 9.45. The van der Waals surface area contributed by atoms with Crippen LogP contribution in [0.15, 0.2) is 40.5 Å². The molecule has 0 aliphatic rings. The van der Waals surface area contributed by atoms with Gasteiger partial charge in [-0.1, -0.05) is 25.1 Å². The number of nitrogens with zero attached hydrogens (tertiary/aromatic N) is 1. The van der Waals surface area contributed by atoms with Gasteiger partial charge in [0.1, 0.15) is 0 Å². The number of thiazole rings is 1. The minimum absolute atomic E-state index is 0.319. The van der Waals surface area contributed by atoms with Crippen LogP contribution in [0.3, 0.4) is 0 Å². The average molecular weight is 302 g/mol. The van der Waals surface area contributed by atoms with E-state index in [1.54, 1.807) is 11.3 Å². The van der Waals surface area contributed by atoms with E-state index in [4.69, 9.17) is 0 Å². The van der Waals surface area contributed by atoms with E-state index in [1.807, 2.05) is 16.8 Å². The second kappa shape index (κ2) is 6.48. The predicted molar refractivity (Wildman–Crippen MR) is 88.7 cm³/mol. The molecule has 0 bridgehead atoms. The lowest BCUT2D eigenvalue weighted by Gasteiger charge is -2.16. The molecular weight excluding hydrogens is 284 g/mol. The van der Waals surface area contributed by atoms with Crippen molar-refractivity contribution in [1.29, 1.82) is 0 Å². The van der Waals surface area contributed by atoms with Gasteiger partial charge in [-0.05, 0) is 41.8 Å². The van der Waals surface area contributed by atoms with Crippen molar-refractivity contribution >= 4 is 32.8 Å². The number of rotatable bonds is 6. The van der Waals surface area contributed by atoms with Crippen LogP contribution >= 0.6 is 22.7 Å². The van der Waals surface area contributed by atoms with Crippen molar-refractivity contribution in [2.24, 2.45) is 0 Å². The number of thiophene rings is 1. The van der Waals surface area contributed by atoms with Crippen LogP contribution in [0.1, 0.15) is 30.6 Å². The second-order valence-electron chi connectivity index (χ2n) is 4.88. The van der Waals surface area contributed by atoms with E-state index >= 15 is 0 Å². The number of benzene rings is 1. The van der Waals surface area contributed by atoms with Gasteiger partial charge in [-0.25, -0.2) is 4.98 Å². The Balaban J connectivity index is 1.85. The summed E-state index contributed by atoms with van der Waals surface area (Å²) < 4.78 is 1.37. The van der Waals surface area contributed by atoms with Crippen molar-refractivity contribution in [1.82, 2.24) is 10.3 Å². The number of hydrogen-bond donors (Lipinski definition) is 1. The van der Waals surface area contributed by atoms with E-state index in [0.29, 0.717) is 6.04 Å². The smallest absolute Gasteiger partial charge is 0.0795 e. The fourth-order valence-corrected chi connectivity index (χ4v) is 3.99. The molecule has 1 aromatic carbocycles. The number of aromatic nitrogens is 1. The SMILES string of the molecule is CCCNC(Cc1csc2ccccc12)c1cscn1. The van der Waals surface area contributed by atoms with Crippen molar-refractivity contribution < 1.29 is 0 Å². The van der Waals surface area contributed by atoms with E-state index in [-0.39, 0.29) is 0 Å². The fourth-order valence-electron chi connectivity index (χ4n) is 2.40. The normalized spacial score (nSPS) is 12.8. The molecule has 0 spiro atoms. The molecule has 2 nitrogen and oxygen atoms in total. The van der Waals surface area contributed by atoms with Gasteiger partial charge in [0.25, 0.3) is 0 Å². The molecular formula is C16H18N2S2. The molecule has 0 saturated carbocycles. The van der Waals surface area contributed by atoms with E-state index in [0.717, 1.165) is 19.4 Å². The van der Waals surface area contributed by atoms with Crippen LogP contribution in [0.5, 0.6) is 0 Å². The van der Waals surface area contributed by atoms with Gasteiger partial charge in [-0.3, -0.25) is 0 Å². The molecule has 0 amide bonds. The molecule has 0 aliphatic carbocycles. The van der Waals surface area contributed by atoms with Gasteiger partial charge >= 0.3 is 0 Å². The minimum atomic E-state index is 0.319. The lowest BCUT2D eigenvalue weighted by Crippen LogP contribution is -2.24. The maximum Gasteiger partial charge on any atom is 0.0795 e. The van der Waals surface area contributed by atoms with E-state index in [9.17, 15) is 0 Å². The zero-order valence-corrected chi connectivity index (χ0v) is 13.1. The molecule has 0 saturated heterocycles. The molecule has 3 rings (SSSR count). The Morgan fingerprint density at radius 2 is 2.15 bits per heavy atom. The molecule has 4 heteroatoms. The molecule has 0 fully saturated rings. The topological polar surface area (TPSA) is 24.9 Å². The first kappa shape index (κ1) is 13.7. The first-order valence-electron chi connectivity index (χ1n) is 6.95. The molecule has 0 radical (unpaired) electrons. The van der Waals surface area contributed by atoms with Crippen LogP contribution in [0.2, 0.25) is 0 Å². The third-order valence-electron chi connectivity index (χ3n) is 3.43. The summed E-state index contributed by atoms with van der Waals surface area (Å²) in [5.74, 6) is 0. The van der Waals surface area contributed by atoms with Crippen molar-refractivity contribution in [2.45, 2.75) is 25.8 Å². The molecule has 3 aromatic rings. The summed E-state index contributed by atoms with van der Waals surface area (Å²) in [6.45, 7) is 3.23. The summed E-state index contributed by atoms with van der Waals surface area (Å²) >= 11 is 3.50. The highest BCUT2D eigenvalue weighted by Crippen LogP contribution is 2.29. The third-order valence-corrected chi connectivity index (χ3v) is 5.05. The van der Waals surface area contributed by atoms with Gasteiger partial charge in [0, 0.05) is 10.1 Å². The molecule has 1 unspecified atom stereocenters. The highest BCUT2D eigenvalue weighted by molar-refractivity contribution is 7.17. The van der Waals surface area contributed by atoms with Crippen molar-refractivity contribution in [3.63, 3.8) is 0 Å². The Hall–Kier alpha value is -1.23. The number of nitrogens with one attached hydrogen (secondary N) is 1. The number of hydrogen-bond acceptors (Lipinski definition) is 4. The molecule has 1 N–H and O–H groups in total. The zero-order chi connectivity index (χ0) is 13.8. The van der Waals surface area contributed by atoms with Crippen molar-refractivity contribution in [2.75, 3.05) is 6.54 Å². The lowest BCUT2D eigenvalue weighted by atomic mass is 10.0. The van der Waals surface area contributed by atoms with Crippen LogP contribution < -0.4 is 5.32 Å². The maximum atomic E-state index is 4.49. The van der Waals surface area contributed by atoms with Crippen LogP contribution in [0.25, 0.3) is 10.1 Å².